The van der Waals surface area contributed by atoms with Gasteiger partial charge in [-0.05, 0) is 11.6 Å². The van der Waals surface area contributed by atoms with Crippen LogP contribution in [0, 0.1) is 0 Å². The predicted octanol–water partition coefficient (Wildman–Crippen LogP) is 0.432. The smallest absolute Gasteiger partial charge is 0.306 e. The molecule has 0 spiro atoms. The minimum atomic E-state index is -1.33. The third-order valence-corrected chi connectivity index (χ3v) is 2.56. The third kappa shape index (κ3) is 2.43. The van der Waals surface area contributed by atoms with Gasteiger partial charge in [0.2, 0.25) is 0 Å². The predicted molar refractivity (Wildman–Crippen MR) is 59.3 cm³/mol. The number of aromatic nitrogens is 2. The second-order valence-corrected chi connectivity index (χ2v) is 3.83. The second kappa shape index (κ2) is 4.52. The number of nitrogens with one attached hydrogen (secondary N) is 1. The van der Waals surface area contributed by atoms with E-state index in [0.29, 0.717) is 5.56 Å². The van der Waals surface area contributed by atoms with Crippen molar-refractivity contribution in [2.24, 2.45) is 0 Å². The van der Waals surface area contributed by atoms with Crippen LogP contribution in [0.1, 0.15) is 18.1 Å². The number of hydrogen-bond acceptors (Lipinski definition) is 4. The first-order valence-electron chi connectivity index (χ1n) is 5.09. The summed E-state index contributed by atoms with van der Waals surface area (Å²) in [6, 6.07) is 5.01. The fourth-order valence-electron chi connectivity index (χ4n) is 1.65. The molecule has 0 aliphatic carbocycles. The first kappa shape index (κ1) is 11.6. The molecule has 0 aliphatic heterocycles. The third-order valence-electron chi connectivity index (χ3n) is 2.56. The number of nitrogens with zero attached hydrogens (tertiary/aromatic N) is 1. The van der Waals surface area contributed by atoms with Crippen molar-refractivity contribution < 1.29 is 20.1 Å². The van der Waals surface area contributed by atoms with Gasteiger partial charge in [0.15, 0.2) is 0 Å². The summed E-state index contributed by atoms with van der Waals surface area (Å²) in [6.45, 7) is 0. The van der Waals surface area contributed by atoms with E-state index >= 15 is 0 Å². The van der Waals surface area contributed by atoms with Crippen LogP contribution in [-0.2, 0) is 4.79 Å². The highest BCUT2D eigenvalue weighted by Gasteiger charge is 2.21. The fourth-order valence-corrected chi connectivity index (χ4v) is 1.65. The Hall–Kier alpha value is -1.92. The number of aliphatic hydroxyl groups excluding tert-OH is 2. The average molecular weight is 236 g/mol. The summed E-state index contributed by atoms with van der Waals surface area (Å²) in [5.74, 6) is -1.15. The Bertz CT molecular complexity index is 537. The Morgan fingerprint density at radius 3 is 2.88 bits per heavy atom. The quantitative estimate of drug-likeness (QED) is 0.616. The average Bonchev–Trinajstić information content (AvgIpc) is 2.73. The summed E-state index contributed by atoms with van der Waals surface area (Å²) in [5.41, 5.74) is 1.18. The SMILES string of the molecule is O=C(O)CC(O)C(O)c1ccc2cn[nH]c2c1. The van der Waals surface area contributed by atoms with Gasteiger partial charge in [-0.2, -0.15) is 5.10 Å². The van der Waals surface area contributed by atoms with E-state index in [2.05, 4.69) is 10.2 Å². The Labute approximate surface area is 96.5 Å². The maximum Gasteiger partial charge on any atom is 0.306 e. The summed E-state index contributed by atoms with van der Waals surface area (Å²) < 4.78 is 0. The molecule has 17 heavy (non-hydrogen) atoms. The molecule has 1 aromatic heterocycles. The lowest BCUT2D eigenvalue weighted by molar-refractivity contribution is -0.141. The number of rotatable bonds is 4. The van der Waals surface area contributed by atoms with E-state index in [1.807, 2.05) is 0 Å². The maximum absolute atomic E-state index is 10.4. The highest BCUT2D eigenvalue weighted by atomic mass is 16.4. The van der Waals surface area contributed by atoms with Crippen LogP contribution in [0.2, 0.25) is 0 Å². The van der Waals surface area contributed by atoms with Crippen LogP contribution in [0.5, 0.6) is 0 Å². The van der Waals surface area contributed by atoms with E-state index in [1.165, 1.54) is 0 Å². The van der Waals surface area contributed by atoms with Crippen molar-refractivity contribution in [2.75, 3.05) is 0 Å². The van der Waals surface area contributed by atoms with E-state index in [0.717, 1.165) is 10.9 Å². The molecule has 1 heterocycles. The molecule has 0 amide bonds. The van der Waals surface area contributed by atoms with E-state index < -0.39 is 24.6 Å². The normalized spacial score (nSPS) is 14.7. The molecule has 1 aromatic carbocycles. The molecule has 6 nitrogen and oxygen atoms in total. The molecule has 0 saturated heterocycles. The fraction of sp³-hybridized carbons (Fsp3) is 0.273. The minimum Gasteiger partial charge on any atom is -0.481 e. The monoisotopic (exact) mass is 236 g/mol. The summed E-state index contributed by atoms with van der Waals surface area (Å²) in [4.78, 5) is 10.4. The van der Waals surface area contributed by atoms with Gasteiger partial charge >= 0.3 is 5.97 Å². The second-order valence-electron chi connectivity index (χ2n) is 3.83. The molecule has 0 saturated carbocycles. The van der Waals surface area contributed by atoms with E-state index in [4.69, 9.17) is 5.11 Å². The largest absolute Gasteiger partial charge is 0.481 e. The molecule has 4 N–H and O–H groups in total. The molecule has 0 fully saturated rings. The van der Waals surface area contributed by atoms with Crippen LogP contribution in [-0.4, -0.2) is 37.6 Å². The standard InChI is InChI=1S/C11H12N2O4/c14-9(4-10(15)16)11(17)6-1-2-7-5-12-13-8(7)3-6/h1-3,5,9,11,14,17H,4H2,(H,12,13)(H,15,16). The molecular weight excluding hydrogens is 224 g/mol. The number of hydrogen-bond donors (Lipinski definition) is 4. The summed E-state index contributed by atoms with van der Waals surface area (Å²) in [6.07, 6.45) is -1.41. The van der Waals surface area contributed by atoms with Crippen molar-refractivity contribution in [1.82, 2.24) is 10.2 Å². The van der Waals surface area contributed by atoms with Crippen molar-refractivity contribution in [1.29, 1.82) is 0 Å². The maximum atomic E-state index is 10.4. The van der Waals surface area contributed by atoms with Gasteiger partial charge in [0.1, 0.15) is 6.10 Å². The number of H-pyrrole nitrogens is 1. The minimum absolute atomic E-state index is 0.454. The lowest BCUT2D eigenvalue weighted by Crippen LogP contribution is -2.21. The van der Waals surface area contributed by atoms with E-state index in [-0.39, 0.29) is 0 Å². The van der Waals surface area contributed by atoms with Crippen molar-refractivity contribution in [3.63, 3.8) is 0 Å². The van der Waals surface area contributed by atoms with Crippen LogP contribution in [0.4, 0.5) is 0 Å². The highest BCUT2D eigenvalue weighted by molar-refractivity contribution is 5.78. The van der Waals surface area contributed by atoms with Crippen molar-refractivity contribution >= 4 is 16.9 Å². The number of carbonyl (C=O) groups is 1. The molecule has 2 aromatic rings. The molecule has 2 atom stereocenters. The van der Waals surface area contributed by atoms with Crippen LogP contribution in [0.25, 0.3) is 10.9 Å². The summed E-state index contributed by atoms with van der Waals surface area (Å²) in [7, 11) is 0. The number of aliphatic carboxylic acids is 1. The molecular formula is C11H12N2O4. The van der Waals surface area contributed by atoms with Crippen molar-refractivity contribution in [3.05, 3.63) is 30.0 Å². The summed E-state index contributed by atoms with van der Waals surface area (Å²) >= 11 is 0. The zero-order chi connectivity index (χ0) is 12.4. The topological polar surface area (TPSA) is 106 Å². The van der Waals surface area contributed by atoms with E-state index in [1.54, 1.807) is 24.4 Å². The number of aromatic amines is 1. The molecule has 0 radical (unpaired) electrons. The molecule has 0 aliphatic rings. The van der Waals surface area contributed by atoms with Crippen molar-refractivity contribution in [3.8, 4) is 0 Å². The Kier molecular flexibility index (Phi) is 3.08. The van der Waals surface area contributed by atoms with Gasteiger partial charge in [-0.1, -0.05) is 12.1 Å². The van der Waals surface area contributed by atoms with Crippen molar-refractivity contribution in [2.45, 2.75) is 18.6 Å². The molecule has 2 rings (SSSR count). The highest BCUT2D eigenvalue weighted by Crippen LogP contribution is 2.22. The van der Waals surface area contributed by atoms with Gasteiger partial charge in [0.05, 0.1) is 24.2 Å². The first-order chi connectivity index (χ1) is 8.08. The summed E-state index contributed by atoms with van der Waals surface area (Å²) in [5, 5.41) is 35.3. The number of fused-ring (bicyclic) bond motifs is 1. The number of aliphatic hydroxyl groups is 2. The van der Waals surface area contributed by atoms with Crippen LogP contribution in [0.3, 0.4) is 0 Å². The molecule has 90 valence electrons. The Morgan fingerprint density at radius 2 is 2.18 bits per heavy atom. The molecule has 2 unspecified atom stereocenters. The van der Waals surface area contributed by atoms with Gasteiger partial charge in [-0.15, -0.1) is 0 Å². The Balaban J connectivity index is 2.23. The number of benzene rings is 1. The molecule has 6 heteroatoms. The molecule has 0 bridgehead atoms. The lowest BCUT2D eigenvalue weighted by atomic mass is 10.0. The number of carboxylic acids is 1. The van der Waals surface area contributed by atoms with Gasteiger partial charge in [0.25, 0.3) is 0 Å². The first-order valence-corrected chi connectivity index (χ1v) is 5.09. The van der Waals surface area contributed by atoms with E-state index in [9.17, 15) is 15.0 Å². The van der Waals surface area contributed by atoms with Crippen LogP contribution < -0.4 is 0 Å². The van der Waals surface area contributed by atoms with Gasteiger partial charge in [-0.3, -0.25) is 9.89 Å². The number of carboxylic acid groups (broad SMARTS) is 1. The van der Waals surface area contributed by atoms with Crippen LogP contribution in [0.15, 0.2) is 24.4 Å². The van der Waals surface area contributed by atoms with Gasteiger partial charge < -0.3 is 15.3 Å². The Morgan fingerprint density at radius 1 is 1.41 bits per heavy atom. The van der Waals surface area contributed by atoms with Gasteiger partial charge in [-0.25, -0.2) is 0 Å². The lowest BCUT2D eigenvalue weighted by Gasteiger charge is -2.16. The van der Waals surface area contributed by atoms with Gasteiger partial charge in [0, 0.05) is 5.39 Å². The zero-order valence-electron chi connectivity index (χ0n) is 8.87. The zero-order valence-corrected chi connectivity index (χ0v) is 8.87. The van der Waals surface area contributed by atoms with Crippen LogP contribution >= 0.6 is 0 Å².